The van der Waals surface area contributed by atoms with E-state index >= 15 is 0 Å². The minimum atomic E-state index is -4.67. The molecule has 0 aromatic heterocycles. The normalized spacial score (nSPS) is 18.5. The third-order valence-electron chi connectivity index (χ3n) is 6.23. The predicted molar refractivity (Wildman–Crippen MR) is 133 cm³/mol. The molecule has 3 aromatic carbocycles. The summed E-state index contributed by atoms with van der Waals surface area (Å²) in [5.74, 6) is -0.563. The van der Waals surface area contributed by atoms with Crippen molar-refractivity contribution in [1.29, 1.82) is 0 Å². The summed E-state index contributed by atoms with van der Waals surface area (Å²) in [6.07, 6.45) is 3.80. The first kappa shape index (κ1) is 24.9. The summed E-state index contributed by atoms with van der Waals surface area (Å²) in [6.45, 7) is 0. The van der Waals surface area contributed by atoms with E-state index in [1.807, 2.05) is 18.2 Å². The highest BCUT2D eigenvalue weighted by Gasteiger charge is 2.30. The highest BCUT2D eigenvalue weighted by molar-refractivity contribution is 7.46. The Balaban J connectivity index is 1.39. The molecule has 1 amide bonds. The summed E-state index contributed by atoms with van der Waals surface area (Å²) in [6, 6.07) is 23.3. The van der Waals surface area contributed by atoms with Crippen molar-refractivity contribution < 1.29 is 28.5 Å². The highest BCUT2D eigenvalue weighted by atomic mass is 31.2. The molecule has 182 valence electrons. The number of carbonyl (C=O) groups is 2. The number of amides is 1. The molecule has 35 heavy (non-hydrogen) atoms. The standard InChI is InChI=1S/C27H28NO6P/c29-26-23(18-19-10-12-21(13-11-19)20-6-2-1-3-7-20)8-4-5-9-25(26)28-27(30)22-14-16-24(17-15-22)34-35(31,32)33/h1-3,6-7,10-17,23,25H,4-5,8-9,18H2,(H,28,30)(H2,31,32,33). The molecule has 1 saturated carbocycles. The molecule has 3 aromatic rings. The number of carbonyl (C=O) groups excluding carboxylic acids is 2. The maximum Gasteiger partial charge on any atom is 0.524 e. The van der Waals surface area contributed by atoms with Gasteiger partial charge in [0, 0.05) is 11.5 Å². The Morgan fingerprint density at radius 3 is 2.17 bits per heavy atom. The molecule has 0 radical (unpaired) electrons. The van der Waals surface area contributed by atoms with Crippen molar-refractivity contribution >= 4 is 19.5 Å². The SMILES string of the molecule is O=C(NC1CCCCC(Cc2ccc(-c3ccccc3)cc2)C1=O)c1ccc(OP(=O)(O)O)cc1. The van der Waals surface area contributed by atoms with Crippen molar-refractivity contribution in [3.05, 3.63) is 90.0 Å². The molecule has 1 fully saturated rings. The van der Waals surface area contributed by atoms with Crippen LogP contribution in [0, 0.1) is 5.92 Å². The molecule has 3 N–H and O–H groups in total. The zero-order valence-electron chi connectivity index (χ0n) is 19.2. The molecule has 2 atom stereocenters. The molecule has 0 saturated heterocycles. The van der Waals surface area contributed by atoms with Crippen molar-refractivity contribution in [3.63, 3.8) is 0 Å². The summed E-state index contributed by atoms with van der Waals surface area (Å²) in [5.41, 5.74) is 3.65. The molecule has 0 aliphatic heterocycles. The smallest absolute Gasteiger partial charge is 0.404 e. The predicted octanol–water partition coefficient (Wildman–Crippen LogP) is 4.93. The quantitative estimate of drug-likeness (QED) is 0.318. The minimum absolute atomic E-state index is 0.0428. The van der Waals surface area contributed by atoms with Gasteiger partial charge in [-0.15, -0.1) is 0 Å². The third kappa shape index (κ3) is 6.89. The molecule has 0 bridgehead atoms. The maximum absolute atomic E-state index is 13.3. The Bertz CT molecular complexity index is 1200. The fraction of sp³-hybridized carbons (Fsp3) is 0.259. The van der Waals surface area contributed by atoms with Gasteiger partial charge in [-0.1, -0.05) is 67.4 Å². The Morgan fingerprint density at radius 2 is 1.51 bits per heavy atom. The minimum Gasteiger partial charge on any atom is -0.404 e. The first-order chi connectivity index (χ1) is 16.8. The fourth-order valence-electron chi connectivity index (χ4n) is 4.45. The van der Waals surface area contributed by atoms with Gasteiger partial charge in [-0.3, -0.25) is 19.4 Å². The van der Waals surface area contributed by atoms with E-state index in [0.717, 1.165) is 36.0 Å². The van der Waals surface area contributed by atoms with E-state index in [2.05, 4.69) is 46.2 Å². The Labute approximate surface area is 204 Å². The largest absolute Gasteiger partial charge is 0.524 e. The lowest BCUT2D eigenvalue weighted by Gasteiger charge is -2.20. The van der Waals surface area contributed by atoms with Gasteiger partial charge in [-0.25, -0.2) is 4.57 Å². The lowest BCUT2D eigenvalue weighted by Crippen LogP contribution is -2.43. The van der Waals surface area contributed by atoms with Crippen LogP contribution >= 0.6 is 7.82 Å². The van der Waals surface area contributed by atoms with Crippen molar-refractivity contribution in [3.8, 4) is 16.9 Å². The topological polar surface area (TPSA) is 113 Å². The number of hydrogen-bond acceptors (Lipinski definition) is 4. The second-order valence-electron chi connectivity index (χ2n) is 8.78. The second kappa shape index (κ2) is 11.0. The van der Waals surface area contributed by atoms with Gasteiger partial charge < -0.3 is 9.84 Å². The molecule has 2 unspecified atom stereocenters. The molecular formula is C27H28NO6P. The molecule has 1 aliphatic rings. The van der Waals surface area contributed by atoms with Crippen LogP contribution in [0.4, 0.5) is 0 Å². The van der Waals surface area contributed by atoms with Gasteiger partial charge in [0.05, 0.1) is 6.04 Å². The monoisotopic (exact) mass is 493 g/mol. The first-order valence-electron chi connectivity index (χ1n) is 11.6. The van der Waals surface area contributed by atoms with Crippen LogP contribution < -0.4 is 9.84 Å². The van der Waals surface area contributed by atoms with Crippen molar-refractivity contribution in [1.82, 2.24) is 5.32 Å². The van der Waals surface area contributed by atoms with Crippen molar-refractivity contribution in [2.24, 2.45) is 5.92 Å². The lowest BCUT2D eigenvalue weighted by molar-refractivity contribution is -0.124. The zero-order chi connectivity index (χ0) is 24.8. The Hall–Kier alpha value is -3.25. The molecular weight excluding hydrogens is 465 g/mol. The van der Waals surface area contributed by atoms with Gasteiger partial charge in [0.1, 0.15) is 5.75 Å². The van der Waals surface area contributed by atoms with Crippen LogP contribution in [0.15, 0.2) is 78.9 Å². The Kier molecular flexibility index (Phi) is 7.81. The molecule has 0 heterocycles. The molecule has 7 nitrogen and oxygen atoms in total. The average Bonchev–Trinajstić information content (AvgIpc) is 3.01. The number of benzene rings is 3. The van der Waals surface area contributed by atoms with Gasteiger partial charge in [0.25, 0.3) is 5.91 Å². The van der Waals surface area contributed by atoms with E-state index in [1.54, 1.807) is 0 Å². The van der Waals surface area contributed by atoms with Crippen LogP contribution in [-0.2, 0) is 15.8 Å². The number of nitrogens with one attached hydrogen (secondary N) is 1. The first-order valence-corrected chi connectivity index (χ1v) is 13.2. The average molecular weight is 493 g/mol. The molecule has 4 rings (SSSR count). The van der Waals surface area contributed by atoms with E-state index < -0.39 is 19.8 Å². The number of phosphoric acid groups is 1. The zero-order valence-corrected chi connectivity index (χ0v) is 20.1. The van der Waals surface area contributed by atoms with Gasteiger partial charge >= 0.3 is 7.82 Å². The summed E-state index contributed by atoms with van der Waals surface area (Å²) in [4.78, 5) is 43.8. The summed E-state index contributed by atoms with van der Waals surface area (Å²) in [7, 11) is -4.67. The van der Waals surface area contributed by atoms with E-state index in [1.165, 1.54) is 24.3 Å². The van der Waals surface area contributed by atoms with E-state index in [-0.39, 0.29) is 23.0 Å². The fourth-order valence-corrected chi connectivity index (χ4v) is 4.84. The number of phosphoric ester groups is 1. The number of Topliss-reactive ketones (excluding diaryl/α,β-unsaturated/α-hetero) is 1. The van der Waals surface area contributed by atoms with Crippen LogP contribution in [0.1, 0.15) is 41.6 Å². The van der Waals surface area contributed by atoms with Crippen LogP contribution in [0.5, 0.6) is 5.75 Å². The van der Waals surface area contributed by atoms with Gasteiger partial charge in [-0.2, -0.15) is 0 Å². The van der Waals surface area contributed by atoms with E-state index in [9.17, 15) is 14.2 Å². The highest BCUT2D eigenvalue weighted by Crippen LogP contribution is 2.37. The number of hydrogen-bond donors (Lipinski definition) is 3. The lowest BCUT2D eigenvalue weighted by atomic mass is 9.89. The Morgan fingerprint density at radius 1 is 0.886 bits per heavy atom. The van der Waals surface area contributed by atoms with E-state index in [4.69, 9.17) is 9.79 Å². The second-order valence-corrected chi connectivity index (χ2v) is 9.95. The van der Waals surface area contributed by atoms with Crippen molar-refractivity contribution in [2.45, 2.75) is 38.1 Å². The van der Waals surface area contributed by atoms with Crippen LogP contribution in [0.3, 0.4) is 0 Å². The van der Waals surface area contributed by atoms with Gasteiger partial charge in [0.2, 0.25) is 0 Å². The number of ketones is 1. The maximum atomic E-state index is 13.3. The number of rotatable bonds is 7. The van der Waals surface area contributed by atoms with Gasteiger partial charge in [-0.05, 0) is 60.2 Å². The molecule has 0 spiro atoms. The summed E-state index contributed by atoms with van der Waals surface area (Å²) >= 11 is 0. The third-order valence-corrected chi connectivity index (χ3v) is 6.68. The van der Waals surface area contributed by atoms with Crippen LogP contribution in [0.25, 0.3) is 11.1 Å². The van der Waals surface area contributed by atoms with Crippen LogP contribution in [-0.4, -0.2) is 27.5 Å². The summed E-state index contributed by atoms with van der Waals surface area (Å²) < 4.78 is 15.5. The van der Waals surface area contributed by atoms with Gasteiger partial charge in [0.15, 0.2) is 5.78 Å². The molecule has 1 aliphatic carbocycles. The molecule has 8 heteroatoms. The summed E-state index contributed by atoms with van der Waals surface area (Å²) in [5, 5.41) is 2.86. The van der Waals surface area contributed by atoms with Crippen LogP contribution in [0.2, 0.25) is 0 Å². The van der Waals surface area contributed by atoms with Crippen molar-refractivity contribution in [2.75, 3.05) is 0 Å². The van der Waals surface area contributed by atoms with E-state index in [0.29, 0.717) is 12.8 Å².